The maximum absolute atomic E-state index is 13.5. The maximum Gasteiger partial charge on any atom is 0.416 e. The zero-order valence-corrected chi connectivity index (χ0v) is 23.2. The van der Waals surface area contributed by atoms with Gasteiger partial charge in [-0.3, -0.25) is 0 Å². The van der Waals surface area contributed by atoms with Crippen LogP contribution in [0.15, 0.2) is 66.2 Å². The number of hydrogen-bond acceptors (Lipinski definition) is 4. The van der Waals surface area contributed by atoms with Gasteiger partial charge in [0.05, 0.1) is 17.7 Å². The summed E-state index contributed by atoms with van der Waals surface area (Å²) in [6, 6.07) is 15.1. The van der Waals surface area contributed by atoms with Crippen molar-refractivity contribution in [3.63, 3.8) is 0 Å². The Kier molecular flexibility index (Phi) is 10.9. The number of aliphatic carboxylic acids is 1. The molecule has 43 heavy (non-hydrogen) atoms. The molecule has 2 aliphatic rings. The SMILES string of the molecule is FC(F)(F)c1cccc(CNC2CC2)c1.O=C(O)C1=C(c2ccc(CCCOc3c(F)ccc(F)c3F)cc2)CCNC1. The number of nitrogens with one attached hydrogen (secondary N) is 2. The van der Waals surface area contributed by atoms with Crippen molar-refractivity contribution >= 4 is 11.5 Å². The molecule has 0 saturated heterocycles. The fourth-order valence-corrected chi connectivity index (χ4v) is 4.58. The van der Waals surface area contributed by atoms with Crippen molar-refractivity contribution in [2.75, 3.05) is 19.7 Å². The Labute approximate surface area is 245 Å². The van der Waals surface area contributed by atoms with Crippen LogP contribution in [-0.2, 0) is 23.9 Å². The quantitative estimate of drug-likeness (QED) is 0.133. The third-order valence-corrected chi connectivity index (χ3v) is 7.06. The molecule has 1 aliphatic carbocycles. The number of alkyl halides is 3. The van der Waals surface area contributed by atoms with Crippen LogP contribution >= 0.6 is 0 Å². The third-order valence-electron chi connectivity index (χ3n) is 7.06. The number of carboxylic acid groups (broad SMARTS) is 1. The Morgan fingerprint density at radius 2 is 1.70 bits per heavy atom. The highest BCUT2D eigenvalue weighted by atomic mass is 19.4. The predicted octanol–water partition coefficient (Wildman–Crippen LogP) is 6.90. The summed E-state index contributed by atoms with van der Waals surface area (Å²) in [6.07, 6.45) is -0.222. The van der Waals surface area contributed by atoms with Gasteiger partial charge < -0.3 is 20.5 Å². The summed E-state index contributed by atoms with van der Waals surface area (Å²) in [5.41, 5.74) is 3.20. The fraction of sp³-hybridized carbons (Fsp3) is 0.344. The fourth-order valence-electron chi connectivity index (χ4n) is 4.58. The molecule has 0 unspecified atom stereocenters. The molecule has 3 N–H and O–H groups in total. The molecule has 5 nitrogen and oxygen atoms in total. The zero-order valence-electron chi connectivity index (χ0n) is 23.2. The minimum atomic E-state index is -4.24. The highest BCUT2D eigenvalue weighted by Gasteiger charge is 2.30. The molecule has 1 fully saturated rings. The van der Waals surface area contributed by atoms with Gasteiger partial charge in [0.1, 0.15) is 0 Å². The molecule has 1 heterocycles. The molecule has 0 amide bonds. The van der Waals surface area contributed by atoms with E-state index < -0.39 is 40.9 Å². The van der Waals surface area contributed by atoms with E-state index in [4.69, 9.17) is 4.74 Å². The molecule has 1 saturated carbocycles. The summed E-state index contributed by atoms with van der Waals surface area (Å²) in [4.78, 5) is 11.4. The van der Waals surface area contributed by atoms with Crippen LogP contribution in [0.4, 0.5) is 26.3 Å². The number of hydrogen-bond donors (Lipinski definition) is 3. The van der Waals surface area contributed by atoms with Gasteiger partial charge in [-0.25, -0.2) is 13.6 Å². The van der Waals surface area contributed by atoms with Gasteiger partial charge in [-0.05, 0) is 79.1 Å². The number of benzene rings is 3. The minimum absolute atomic E-state index is 0.0407. The van der Waals surface area contributed by atoms with Crippen molar-refractivity contribution in [1.29, 1.82) is 0 Å². The lowest BCUT2D eigenvalue weighted by molar-refractivity contribution is -0.137. The van der Waals surface area contributed by atoms with E-state index in [1.165, 1.54) is 12.1 Å². The number of carboxylic acids is 1. The first-order valence-corrected chi connectivity index (χ1v) is 13.9. The minimum Gasteiger partial charge on any atom is -0.488 e. The second kappa shape index (κ2) is 14.6. The standard InChI is InChI=1S/C21H20F3NO3.C11H12F3N/c22-17-7-8-18(23)20(19(17)24)28-11-1-2-13-3-5-14(6-4-13)15-9-10-25-12-16(15)21(26)27;12-11(13,14)9-3-1-2-8(6-9)7-15-10-4-5-10/h3-8,25H,1-2,9-12H2,(H,26,27);1-3,6,10,15H,4-5,7H2. The van der Waals surface area contributed by atoms with Crippen molar-refractivity contribution in [2.24, 2.45) is 0 Å². The molecule has 3 aromatic carbocycles. The summed E-state index contributed by atoms with van der Waals surface area (Å²) < 4.78 is 82.3. The summed E-state index contributed by atoms with van der Waals surface area (Å²) >= 11 is 0. The zero-order chi connectivity index (χ0) is 31.0. The Morgan fingerprint density at radius 1 is 0.977 bits per heavy atom. The molecular weight excluding hydrogens is 574 g/mol. The van der Waals surface area contributed by atoms with Crippen LogP contribution in [0.5, 0.6) is 5.75 Å². The molecule has 230 valence electrons. The maximum atomic E-state index is 13.5. The summed E-state index contributed by atoms with van der Waals surface area (Å²) in [7, 11) is 0. The van der Waals surface area contributed by atoms with E-state index in [0.717, 1.165) is 48.2 Å². The monoisotopic (exact) mass is 606 g/mol. The second-order valence-electron chi connectivity index (χ2n) is 10.4. The van der Waals surface area contributed by atoms with Gasteiger partial charge in [0.25, 0.3) is 0 Å². The Hall–Kier alpha value is -3.83. The average Bonchev–Trinajstić information content (AvgIpc) is 3.83. The lowest BCUT2D eigenvalue weighted by atomic mass is 9.93. The first-order valence-electron chi connectivity index (χ1n) is 13.9. The van der Waals surface area contributed by atoms with Crippen molar-refractivity contribution < 1.29 is 41.0 Å². The van der Waals surface area contributed by atoms with Crippen LogP contribution in [0.3, 0.4) is 0 Å². The molecule has 0 radical (unpaired) electrons. The molecule has 0 aromatic heterocycles. The lowest BCUT2D eigenvalue weighted by Gasteiger charge is -2.19. The molecule has 1 aliphatic heterocycles. The van der Waals surface area contributed by atoms with E-state index in [-0.39, 0.29) is 6.61 Å². The van der Waals surface area contributed by atoms with E-state index in [1.54, 1.807) is 6.07 Å². The number of carbonyl (C=O) groups is 1. The number of halogens is 6. The summed E-state index contributed by atoms with van der Waals surface area (Å²) in [5.74, 6) is -5.03. The Bertz CT molecular complexity index is 1440. The van der Waals surface area contributed by atoms with Crippen LogP contribution in [0.2, 0.25) is 0 Å². The molecular formula is C32H32F6N2O3. The van der Waals surface area contributed by atoms with Gasteiger partial charge in [0, 0.05) is 19.1 Å². The van der Waals surface area contributed by atoms with Gasteiger partial charge in [-0.2, -0.15) is 17.6 Å². The van der Waals surface area contributed by atoms with Gasteiger partial charge in [-0.1, -0.05) is 42.5 Å². The van der Waals surface area contributed by atoms with Gasteiger partial charge in [-0.15, -0.1) is 0 Å². The molecule has 0 bridgehead atoms. The second-order valence-corrected chi connectivity index (χ2v) is 10.4. The van der Waals surface area contributed by atoms with Crippen molar-refractivity contribution in [2.45, 2.75) is 50.9 Å². The third kappa shape index (κ3) is 9.33. The van der Waals surface area contributed by atoms with Crippen molar-refractivity contribution in [1.82, 2.24) is 10.6 Å². The Morgan fingerprint density at radius 3 is 2.37 bits per heavy atom. The van der Waals surface area contributed by atoms with Crippen molar-refractivity contribution in [3.8, 4) is 5.75 Å². The molecule has 0 spiro atoms. The van der Waals surface area contributed by atoms with Gasteiger partial charge >= 0.3 is 12.1 Å². The molecule has 5 rings (SSSR count). The highest BCUT2D eigenvalue weighted by Crippen LogP contribution is 2.30. The van der Waals surface area contributed by atoms with E-state index in [1.807, 2.05) is 24.3 Å². The van der Waals surface area contributed by atoms with E-state index in [9.17, 15) is 36.2 Å². The highest BCUT2D eigenvalue weighted by molar-refractivity contribution is 5.97. The predicted molar refractivity (Wildman–Crippen MR) is 150 cm³/mol. The average molecular weight is 607 g/mol. The lowest BCUT2D eigenvalue weighted by Crippen LogP contribution is -2.28. The van der Waals surface area contributed by atoms with Gasteiger partial charge in [0.15, 0.2) is 17.4 Å². The van der Waals surface area contributed by atoms with Crippen molar-refractivity contribution in [3.05, 3.63) is 106 Å². The van der Waals surface area contributed by atoms with Crippen LogP contribution < -0.4 is 15.4 Å². The molecule has 0 atom stereocenters. The first kappa shape index (κ1) is 32.1. The normalized spacial score (nSPS) is 15.1. The number of rotatable bonds is 10. The van der Waals surface area contributed by atoms with E-state index in [2.05, 4.69) is 10.6 Å². The van der Waals surface area contributed by atoms with Crippen LogP contribution in [-0.4, -0.2) is 36.8 Å². The summed E-state index contributed by atoms with van der Waals surface area (Å²) in [5, 5.41) is 15.6. The molecule has 11 heteroatoms. The van der Waals surface area contributed by atoms with Crippen LogP contribution in [0.25, 0.3) is 5.57 Å². The van der Waals surface area contributed by atoms with Crippen LogP contribution in [0, 0.1) is 17.5 Å². The molecule has 3 aromatic rings. The van der Waals surface area contributed by atoms with Gasteiger partial charge in [0.2, 0.25) is 5.82 Å². The number of ether oxygens (including phenoxy) is 1. The number of aryl methyl sites for hydroxylation is 1. The van der Waals surface area contributed by atoms with E-state index in [0.29, 0.717) is 55.6 Å². The Balaban J connectivity index is 0.000000237. The van der Waals surface area contributed by atoms with E-state index >= 15 is 0 Å². The van der Waals surface area contributed by atoms with Crippen LogP contribution in [0.1, 0.15) is 47.9 Å². The first-order chi connectivity index (χ1) is 20.5. The summed E-state index contributed by atoms with van der Waals surface area (Å²) in [6.45, 7) is 1.64. The largest absolute Gasteiger partial charge is 0.488 e. The topological polar surface area (TPSA) is 70.6 Å². The smallest absolute Gasteiger partial charge is 0.416 e.